The molecule has 0 fully saturated rings. The fraction of sp³-hybridized carbons (Fsp3) is 0.273. The largest absolute Gasteiger partial charge is 0.462 e. The smallest absolute Gasteiger partial charge is 0.340 e. The van der Waals surface area contributed by atoms with Gasteiger partial charge in [-0.2, -0.15) is 0 Å². The van der Waals surface area contributed by atoms with Crippen LogP contribution in [0.3, 0.4) is 0 Å². The Morgan fingerprint density at radius 3 is 2.56 bits per heavy atom. The number of amides is 1. The number of para-hydroxylation sites is 1. The first-order valence-electron chi connectivity index (χ1n) is 4.80. The molecule has 0 aromatic heterocycles. The van der Waals surface area contributed by atoms with Gasteiger partial charge in [-0.3, -0.25) is 4.79 Å². The van der Waals surface area contributed by atoms with Gasteiger partial charge in [-0.25, -0.2) is 9.21 Å². The minimum Gasteiger partial charge on any atom is -0.462 e. The predicted octanol–water partition coefficient (Wildman–Crippen LogP) is 2.37. The lowest BCUT2D eigenvalue weighted by Crippen LogP contribution is -2.20. The first kappa shape index (κ1) is 12.5. The van der Waals surface area contributed by atoms with Crippen LogP contribution in [0, 0.1) is 0 Å². The molecule has 0 saturated heterocycles. The zero-order chi connectivity index (χ0) is 12.1. The highest BCUT2D eigenvalue weighted by atomic mass is 35.5. The van der Waals surface area contributed by atoms with Gasteiger partial charge in [0.1, 0.15) is 0 Å². The van der Waals surface area contributed by atoms with Crippen molar-refractivity contribution in [3.63, 3.8) is 0 Å². The van der Waals surface area contributed by atoms with Crippen molar-refractivity contribution in [3.8, 4) is 0 Å². The number of nitrogens with zero attached hydrogens (tertiary/aromatic N) is 1. The van der Waals surface area contributed by atoms with Crippen molar-refractivity contribution < 1.29 is 14.3 Å². The quantitative estimate of drug-likeness (QED) is 0.603. The van der Waals surface area contributed by atoms with Gasteiger partial charge >= 0.3 is 5.97 Å². The maximum atomic E-state index is 11.6. The summed E-state index contributed by atoms with van der Waals surface area (Å²) in [7, 11) is 0. The molecule has 0 spiro atoms. The summed E-state index contributed by atoms with van der Waals surface area (Å²) in [4.78, 5) is 22.7. The van der Waals surface area contributed by atoms with E-state index < -0.39 is 5.97 Å². The van der Waals surface area contributed by atoms with E-state index in [0.717, 1.165) is 4.42 Å². The highest BCUT2D eigenvalue weighted by Gasteiger charge is 2.18. The van der Waals surface area contributed by atoms with Crippen molar-refractivity contribution in [2.45, 2.75) is 13.8 Å². The fourth-order valence-corrected chi connectivity index (χ4v) is 1.34. The lowest BCUT2D eigenvalue weighted by Gasteiger charge is -2.14. The van der Waals surface area contributed by atoms with Crippen LogP contribution in [-0.4, -0.2) is 18.5 Å². The highest BCUT2D eigenvalue weighted by molar-refractivity contribution is 6.37. The molecule has 0 heterocycles. The van der Waals surface area contributed by atoms with Crippen molar-refractivity contribution in [1.29, 1.82) is 0 Å². The van der Waals surface area contributed by atoms with Crippen molar-refractivity contribution in [1.82, 2.24) is 0 Å². The van der Waals surface area contributed by atoms with E-state index in [1.807, 2.05) is 0 Å². The molecule has 0 aliphatic carbocycles. The molecular formula is C11H12ClNO3. The summed E-state index contributed by atoms with van der Waals surface area (Å²) in [5, 5.41) is 0. The first-order valence-corrected chi connectivity index (χ1v) is 5.14. The van der Waals surface area contributed by atoms with Gasteiger partial charge in [0.15, 0.2) is 0 Å². The van der Waals surface area contributed by atoms with Gasteiger partial charge in [0.2, 0.25) is 5.91 Å². The third-order valence-corrected chi connectivity index (χ3v) is 2.31. The summed E-state index contributed by atoms with van der Waals surface area (Å²) in [5.41, 5.74) is 0.602. The van der Waals surface area contributed by atoms with Gasteiger partial charge in [0.25, 0.3) is 0 Å². The lowest BCUT2D eigenvalue weighted by molar-refractivity contribution is -0.115. The number of halogens is 1. The second-order valence-electron chi connectivity index (χ2n) is 3.04. The number of rotatable bonds is 3. The number of carbonyl (C=O) groups excluding carboxylic acids is 2. The molecule has 86 valence electrons. The summed E-state index contributed by atoms with van der Waals surface area (Å²) < 4.78 is 5.76. The molecule has 0 unspecified atom stereocenters. The Labute approximate surface area is 98.9 Å². The van der Waals surface area contributed by atoms with Crippen LogP contribution in [-0.2, 0) is 9.53 Å². The number of esters is 1. The Bertz CT molecular complexity index is 406. The van der Waals surface area contributed by atoms with Crippen molar-refractivity contribution in [3.05, 3.63) is 29.8 Å². The van der Waals surface area contributed by atoms with Crippen LogP contribution < -0.4 is 4.42 Å². The molecule has 0 saturated carbocycles. The van der Waals surface area contributed by atoms with E-state index in [4.69, 9.17) is 16.5 Å². The Morgan fingerprint density at radius 2 is 2.00 bits per heavy atom. The van der Waals surface area contributed by atoms with E-state index in [1.165, 1.54) is 6.92 Å². The summed E-state index contributed by atoms with van der Waals surface area (Å²) in [6.45, 7) is 3.30. The van der Waals surface area contributed by atoms with Crippen LogP contribution in [0.5, 0.6) is 0 Å². The van der Waals surface area contributed by atoms with Crippen LogP contribution in [0.1, 0.15) is 24.2 Å². The van der Waals surface area contributed by atoms with Crippen LogP contribution in [0.25, 0.3) is 0 Å². The summed E-state index contributed by atoms with van der Waals surface area (Å²) in [6, 6.07) is 6.52. The molecule has 0 N–H and O–H groups in total. The van der Waals surface area contributed by atoms with Crippen molar-refractivity contribution in [2.75, 3.05) is 11.0 Å². The molecule has 1 aromatic carbocycles. The van der Waals surface area contributed by atoms with Crippen LogP contribution in [0.2, 0.25) is 0 Å². The molecule has 4 nitrogen and oxygen atoms in total. The Kier molecular flexibility index (Phi) is 4.31. The van der Waals surface area contributed by atoms with E-state index in [1.54, 1.807) is 31.2 Å². The van der Waals surface area contributed by atoms with Crippen LogP contribution in [0.15, 0.2) is 24.3 Å². The molecule has 0 radical (unpaired) electrons. The average Bonchev–Trinajstić information content (AvgIpc) is 2.28. The van der Waals surface area contributed by atoms with Gasteiger partial charge < -0.3 is 4.74 Å². The summed E-state index contributed by atoms with van der Waals surface area (Å²) in [6.07, 6.45) is 0. The van der Waals surface area contributed by atoms with Gasteiger partial charge in [-0.1, -0.05) is 12.1 Å². The van der Waals surface area contributed by atoms with Gasteiger partial charge in [0, 0.05) is 18.7 Å². The Hall–Kier alpha value is -1.55. The Balaban J connectivity index is 3.09. The second-order valence-corrected chi connectivity index (χ2v) is 3.38. The third kappa shape index (κ3) is 2.73. The van der Waals surface area contributed by atoms with Crippen LogP contribution in [0.4, 0.5) is 5.69 Å². The predicted molar refractivity (Wildman–Crippen MR) is 61.4 cm³/mol. The molecular weight excluding hydrogens is 230 g/mol. The maximum Gasteiger partial charge on any atom is 0.340 e. The minimum absolute atomic E-state index is 0.273. The van der Waals surface area contributed by atoms with Gasteiger partial charge in [0.05, 0.1) is 17.9 Å². The van der Waals surface area contributed by atoms with E-state index in [2.05, 4.69) is 0 Å². The average molecular weight is 242 g/mol. The SMILES string of the molecule is CCOC(=O)c1ccccc1N(Cl)C(C)=O. The van der Waals surface area contributed by atoms with E-state index in [-0.39, 0.29) is 18.1 Å². The fourth-order valence-electron chi connectivity index (χ4n) is 1.20. The lowest BCUT2D eigenvalue weighted by atomic mass is 10.2. The van der Waals surface area contributed by atoms with Crippen molar-refractivity contribution in [2.24, 2.45) is 0 Å². The first-order chi connectivity index (χ1) is 7.57. The number of ether oxygens (including phenoxy) is 1. The Morgan fingerprint density at radius 1 is 1.38 bits per heavy atom. The number of hydrogen-bond donors (Lipinski definition) is 0. The molecule has 0 aliphatic heterocycles. The van der Waals surface area contributed by atoms with Gasteiger partial charge in [-0.15, -0.1) is 0 Å². The number of benzene rings is 1. The minimum atomic E-state index is -0.495. The topological polar surface area (TPSA) is 46.6 Å². The standard InChI is InChI=1S/C11H12ClNO3/c1-3-16-11(15)9-6-4-5-7-10(9)13(12)8(2)14/h4-7H,3H2,1-2H3. The third-order valence-electron chi connectivity index (χ3n) is 1.89. The zero-order valence-corrected chi connectivity index (χ0v) is 9.82. The number of anilines is 1. The maximum absolute atomic E-state index is 11.6. The molecule has 0 atom stereocenters. The normalized spacial score (nSPS) is 9.69. The molecule has 0 bridgehead atoms. The number of carbonyl (C=O) groups is 2. The molecule has 1 rings (SSSR count). The van der Waals surface area contributed by atoms with Crippen LogP contribution >= 0.6 is 11.8 Å². The number of hydrogen-bond acceptors (Lipinski definition) is 3. The second kappa shape index (κ2) is 5.51. The molecule has 5 heteroatoms. The summed E-state index contributed by atoms with van der Waals surface area (Å²) >= 11 is 5.77. The van der Waals surface area contributed by atoms with E-state index in [9.17, 15) is 9.59 Å². The monoisotopic (exact) mass is 241 g/mol. The molecule has 1 aromatic rings. The summed E-state index contributed by atoms with van der Waals surface area (Å²) in [5.74, 6) is -0.858. The van der Waals surface area contributed by atoms with Gasteiger partial charge in [-0.05, 0) is 19.1 Å². The molecule has 0 aliphatic rings. The zero-order valence-electron chi connectivity index (χ0n) is 9.07. The van der Waals surface area contributed by atoms with E-state index in [0.29, 0.717) is 5.69 Å². The highest BCUT2D eigenvalue weighted by Crippen LogP contribution is 2.23. The van der Waals surface area contributed by atoms with Crippen molar-refractivity contribution >= 4 is 29.3 Å². The van der Waals surface area contributed by atoms with E-state index >= 15 is 0 Å². The molecule has 16 heavy (non-hydrogen) atoms. The molecule has 1 amide bonds.